The Morgan fingerprint density at radius 2 is 0.897 bits per heavy atom. The highest BCUT2D eigenvalue weighted by Gasteiger charge is 2.56. The van der Waals surface area contributed by atoms with Crippen LogP contribution in [-0.2, 0) is 47.4 Å². The summed E-state index contributed by atoms with van der Waals surface area (Å²) in [6.07, 6.45) is -39.7. The molecule has 0 aromatic carbocycles. The van der Waals surface area contributed by atoms with Gasteiger partial charge in [0.15, 0.2) is 31.5 Å². The van der Waals surface area contributed by atoms with Crippen LogP contribution in [0.5, 0.6) is 0 Å². The van der Waals surface area contributed by atoms with Gasteiger partial charge in [0.1, 0.15) is 110 Å². The summed E-state index contributed by atoms with van der Waals surface area (Å²) in [5.74, 6) is 0. The van der Waals surface area contributed by atoms with Gasteiger partial charge in [-0.2, -0.15) is 0 Å². The van der Waals surface area contributed by atoms with Crippen molar-refractivity contribution in [3.05, 3.63) is 12.7 Å². The normalized spacial score (nSPS) is 51.7. The third-order valence-corrected chi connectivity index (χ3v) is 10.7. The maximum atomic E-state index is 11.4. The molecule has 0 spiro atoms. The minimum atomic E-state index is -2.02. The highest BCUT2D eigenvalue weighted by Crippen LogP contribution is 2.35. The number of hydrogen-bond donors (Lipinski definition) is 15. The van der Waals surface area contributed by atoms with Crippen LogP contribution in [-0.4, -0.2) is 258 Å². The van der Waals surface area contributed by atoms with Gasteiger partial charge in [0.25, 0.3) is 0 Å². The predicted molar refractivity (Wildman–Crippen MR) is 181 cm³/mol. The minimum absolute atomic E-state index is 0.0882. The molecule has 0 aromatic rings. The van der Waals surface area contributed by atoms with E-state index in [0.717, 1.165) is 0 Å². The summed E-state index contributed by atoms with van der Waals surface area (Å²) in [7, 11) is 0. The van der Waals surface area contributed by atoms with Crippen LogP contribution < -0.4 is 5.73 Å². The quantitative estimate of drug-likeness (QED) is 0.0680. The van der Waals surface area contributed by atoms with Gasteiger partial charge in [-0.3, -0.25) is 0 Å². The van der Waals surface area contributed by atoms with E-state index in [2.05, 4.69) is 6.58 Å². The van der Waals surface area contributed by atoms with Crippen LogP contribution in [0.2, 0.25) is 0 Å². The molecule has 5 fully saturated rings. The first-order valence-electron chi connectivity index (χ1n) is 18.6. The zero-order valence-corrected chi connectivity index (χ0v) is 31.2. The number of hydrogen-bond acceptors (Lipinski definition) is 25. The highest BCUT2D eigenvalue weighted by molar-refractivity contribution is 5.00. The molecule has 25 nitrogen and oxygen atoms in total. The fourth-order valence-electron chi connectivity index (χ4n) is 7.29. The molecule has 16 N–H and O–H groups in total. The van der Waals surface area contributed by atoms with Crippen molar-refractivity contribution < 1.29 is 119 Å². The molecule has 0 amide bonds. The summed E-state index contributed by atoms with van der Waals surface area (Å²) in [6, 6.07) is -1.66. The maximum Gasteiger partial charge on any atom is 0.187 e. The molecular formula is C33H57NO24. The topological polar surface area (TPSA) is 402 Å². The van der Waals surface area contributed by atoms with Gasteiger partial charge in [0.05, 0.1) is 45.2 Å². The summed E-state index contributed by atoms with van der Waals surface area (Å²) < 4.78 is 56.5. The Labute approximate surface area is 330 Å². The van der Waals surface area contributed by atoms with Crippen molar-refractivity contribution in [2.45, 2.75) is 160 Å². The molecular weight excluding hydrogens is 794 g/mol. The molecule has 0 aliphatic carbocycles. The first-order valence-corrected chi connectivity index (χ1v) is 18.6. The summed E-state index contributed by atoms with van der Waals surface area (Å²) in [5, 5.41) is 148. The molecule has 0 saturated carbocycles. The highest BCUT2D eigenvalue weighted by atomic mass is 16.8. The summed E-state index contributed by atoms with van der Waals surface area (Å²) in [6.45, 7) is 1.29. The second-order valence-electron chi connectivity index (χ2n) is 14.6. The van der Waals surface area contributed by atoms with Crippen molar-refractivity contribution in [2.75, 3.05) is 33.0 Å². The zero-order chi connectivity index (χ0) is 42.7. The lowest BCUT2D eigenvalue weighted by Gasteiger charge is -2.50. The van der Waals surface area contributed by atoms with Crippen molar-refractivity contribution in [3.63, 3.8) is 0 Å². The number of aliphatic hydroxyl groups is 14. The molecule has 338 valence electrons. The van der Waals surface area contributed by atoms with E-state index in [0.29, 0.717) is 0 Å². The van der Waals surface area contributed by atoms with Crippen molar-refractivity contribution in [1.82, 2.24) is 0 Å². The molecule has 0 aromatic heterocycles. The Morgan fingerprint density at radius 1 is 0.448 bits per heavy atom. The largest absolute Gasteiger partial charge is 0.394 e. The molecule has 5 rings (SSSR count). The van der Waals surface area contributed by atoms with Gasteiger partial charge in [-0.15, -0.1) is 6.58 Å². The van der Waals surface area contributed by atoms with E-state index in [1.807, 2.05) is 0 Å². The van der Waals surface area contributed by atoms with E-state index in [1.165, 1.54) is 13.0 Å². The first kappa shape index (κ1) is 47.8. The Balaban J connectivity index is 1.36. The van der Waals surface area contributed by atoms with Crippen LogP contribution in [0.25, 0.3) is 0 Å². The van der Waals surface area contributed by atoms with Crippen LogP contribution in [0.4, 0.5) is 0 Å². The van der Waals surface area contributed by atoms with Gasteiger partial charge in [0.2, 0.25) is 0 Å². The molecule has 25 atom stereocenters. The Morgan fingerprint density at radius 3 is 1.50 bits per heavy atom. The number of aliphatic hydroxyl groups excluding tert-OH is 14. The van der Waals surface area contributed by atoms with E-state index in [1.54, 1.807) is 0 Å². The van der Waals surface area contributed by atoms with Crippen LogP contribution in [0.1, 0.15) is 6.92 Å². The summed E-state index contributed by atoms with van der Waals surface area (Å²) in [4.78, 5) is 0. The van der Waals surface area contributed by atoms with Gasteiger partial charge in [0, 0.05) is 0 Å². The lowest BCUT2D eigenvalue weighted by Crippen LogP contribution is -2.69. The van der Waals surface area contributed by atoms with Crippen LogP contribution in [0.3, 0.4) is 0 Å². The maximum absolute atomic E-state index is 11.4. The predicted octanol–water partition coefficient (Wildman–Crippen LogP) is -9.72. The SMILES string of the molecule is C=CCO[C@@H]1OC(CO)[C@H](O[C@@H]2OC(CO)C(O)[C@H](OC3OC(CO)[C@H](O)[C@H](O[C@@H]4OC(CO)[C@H](O)[C@H](O)C4O[C@@H]4OC(C)[C@H](O)[C@H](O)C4O)C3N)C2O)[C@H](O)C1O. The van der Waals surface area contributed by atoms with E-state index < -0.39 is 180 Å². The number of ether oxygens (including phenoxy) is 10. The first-order chi connectivity index (χ1) is 27.5. The van der Waals surface area contributed by atoms with Crippen molar-refractivity contribution >= 4 is 0 Å². The lowest BCUT2D eigenvalue weighted by atomic mass is 9.94. The van der Waals surface area contributed by atoms with E-state index in [4.69, 9.17) is 53.1 Å². The van der Waals surface area contributed by atoms with Gasteiger partial charge in [-0.05, 0) is 6.92 Å². The van der Waals surface area contributed by atoms with Crippen molar-refractivity contribution in [1.29, 1.82) is 0 Å². The third-order valence-electron chi connectivity index (χ3n) is 10.7. The van der Waals surface area contributed by atoms with Gasteiger partial charge < -0.3 is 125 Å². The standard InChI is InChI=1S/C33H57NO24/c1-3-4-49-30-23(47)21(45)25(13(8-38)54-30)55-32-24(48)27(18(42)12(7-37)52-32)57-29-14(34)26(17(41)11(6-36)51-29)56-33-28(20(44)16(40)10(5-35)53-33)58-31-22(46)19(43)15(39)9(2)50-31/h3,9-33,35-48H,1,4-8,34H2,2H3/t9?,10?,11?,12?,13?,14?,15-,16-,17-,18?,19-,20-,21+,22?,23?,24?,25-,26+,27-,28?,29?,30+,31-,32-,33-/m0/s1. The zero-order valence-electron chi connectivity index (χ0n) is 31.2. The van der Waals surface area contributed by atoms with E-state index in [9.17, 15) is 71.5 Å². The molecule has 5 heterocycles. The Hall–Kier alpha value is -1.26. The van der Waals surface area contributed by atoms with Gasteiger partial charge in [-0.25, -0.2) is 0 Å². The minimum Gasteiger partial charge on any atom is -0.394 e. The molecule has 12 unspecified atom stereocenters. The fourth-order valence-corrected chi connectivity index (χ4v) is 7.29. The monoisotopic (exact) mass is 851 g/mol. The third kappa shape index (κ3) is 9.84. The second kappa shape index (κ2) is 20.7. The smallest absolute Gasteiger partial charge is 0.187 e. The molecule has 0 radical (unpaired) electrons. The molecule has 0 bridgehead atoms. The van der Waals surface area contributed by atoms with Gasteiger partial charge >= 0.3 is 0 Å². The second-order valence-corrected chi connectivity index (χ2v) is 14.6. The lowest BCUT2D eigenvalue weighted by molar-refractivity contribution is -0.389. The van der Waals surface area contributed by atoms with Gasteiger partial charge in [-0.1, -0.05) is 6.08 Å². The fraction of sp³-hybridized carbons (Fsp3) is 0.939. The van der Waals surface area contributed by atoms with E-state index >= 15 is 0 Å². The Bertz CT molecular complexity index is 1280. The molecule has 58 heavy (non-hydrogen) atoms. The average Bonchev–Trinajstić information content (AvgIpc) is 3.21. The average molecular weight is 852 g/mol. The summed E-state index contributed by atoms with van der Waals surface area (Å²) in [5.41, 5.74) is 6.46. The van der Waals surface area contributed by atoms with E-state index in [-0.39, 0.29) is 6.61 Å². The van der Waals surface area contributed by atoms with Crippen LogP contribution in [0.15, 0.2) is 12.7 Å². The number of nitrogens with two attached hydrogens (primary N) is 1. The molecule has 5 saturated heterocycles. The van der Waals surface area contributed by atoms with Crippen LogP contribution >= 0.6 is 0 Å². The Kier molecular flexibility index (Phi) is 17.1. The van der Waals surface area contributed by atoms with Crippen molar-refractivity contribution in [2.24, 2.45) is 5.73 Å². The van der Waals surface area contributed by atoms with Crippen LogP contribution in [0, 0.1) is 0 Å². The summed E-state index contributed by atoms with van der Waals surface area (Å²) >= 11 is 0. The molecule has 5 aliphatic rings. The van der Waals surface area contributed by atoms with Crippen molar-refractivity contribution in [3.8, 4) is 0 Å². The number of rotatable bonds is 15. The molecule has 5 aliphatic heterocycles. The molecule has 25 heteroatoms.